The summed E-state index contributed by atoms with van der Waals surface area (Å²) in [5.74, 6) is 0.366. The van der Waals surface area contributed by atoms with Crippen LogP contribution in [0, 0.1) is 6.92 Å². The monoisotopic (exact) mass is 494 g/mol. The zero-order valence-corrected chi connectivity index (χ0v) is 21.0. The summed E-state index contributed by atoms with van der Waals surface area (Å²) in [6.07, 6.45) is 3.92. The van der Waals surface area contributed by atoms with Gasteiger partial charge < -0.3 is 10.1 Å². The average Bonchev–Trinajstić information content (AvgIpc) is 2.85. The summed E-state index contributed by atoms with van der Waals surface area (Å²) < 4.78 is 32.5. The van der Waals surface area contributed by atoms with Crippen molar-refractivity contribution in [3.8, 4) is 5.75 Å². The molecule has 2 N–H and O–H groups in total. The van der Waals surface area contributed by atoms with Gasteiger partial charge in [0.05, 0.1) is 11.5 Å². The lowest BCUT2D eigenvalue weighted by Gasteiger charge is -2.09. The van der Waals surface area contributed by atoms with E-state index in [1.165, 1.54) is 17.2 Å². The summed E-state index contributed by atoms with van der Waals surface area (Å²) in [4.78, 5) is 12.1. The fourth-order valence-corrected chi connectivity index (χ4v) is 4.77. The van der Waals surface area contributed by atoms with E-state index in [0.717, 1.165) is 43.5 Å². The first-order chi connectivity index (χ1) is 16.9. The van der Waals surface area contributed by atoms with Gasteiger partial charge in [-0.1, -0.05) is 54.6 Å². The van der Waals surface area contributed by atoms with Crippen LogP contribution in [0.4, 0.5) is 0 Å². The van der Waals surface area contributed by atoms with Gasteiger partial charge in [0.2, 0.25) is 5.91 Å². The first-order valence-electron chi connectivity index (χ1n) is 12.0. The Morgan fingerprint density at radius 3 is 2.29 bits per heavy atom. The second-order valence-electron chi connectivity index (χ2n) is 8.53. The zero-order valence-electron chi connectivity index (χ0n) is 20.2. The van der Waals surface area contributed by atoms with Gasteiger partial charge in [-0.15, -0.1) is 0 Å². The van der Waals surface area contributed by atoms with Crippen molar-refractivity contribution in [3.05, 3.63) is 95.6 Å². The van der Waals surface area contributed by atoms with Crippen LogP contribution in [0.25, 0.3) is 0 Å². The second-order valence-corrected chi connectivity index (χ2v) is 10.2. The van der Waals surface area contributed by atoms with Gasteiger partial charge in [0, 0.05) is 13.0 Å². The van der Waals surface area contributed by atoms with Crippen molar-refractivity contribution < 1.29 is 17.9 Å². The fraction of sp³-hybridized carbons (Fsp3) is 0.321. The van der Waals surface area contributed by atoms with E-state index in [4.69, 9.17) is 4.74 Å². The van der Waals surface area contributed by atoms with Gasteiger partial charge in [-0.05, 0) is 80.1 Å². The van der Waals surface area contributed by atoms with Crippen LogP contribution in [0.5, 0.6) is 5.75 Å². The molecule has 0 aromatic heterocycles. The quantitative estimate of drug-likeness (QED) is 0.324. The third-order valence-corrected chi connectivity index (χ3v) is 6.91. The number of rotatable bonds is 14. The van der Waals surface area contributed by atoms with Gasteiger partial charge in [-0.3, -0.25) is 4.79 Å². The Hall–Kier alpha value is -3.16. The molecule has 0 aliphatic heterocycles. The lowest BCUT2D eigenvalue weighted by atomic mass is 10.1. The lowest BCUT2D eigenvalue weighted by molar-refractivity contribution is -0.119. The molecular formula is C28H34N2O4S. The number of aryl methyl sites for hydroxylation is 3. The Labute approximate surface area is 208 Å². The summed E-state index contributed by atoms with van der Waals surface area (Å²) >= 11 is 0. The molecule has 0 aliphatic rings. The highest BCUT2D eigenvalue weighted by Gasteiger charge is 2.17. The smallest absolute Gasteiger partial charge is 0.264 e. The SMILES string of the molecule is Cc1cccc(S(=O)(=O)NC(=O)CCNCCCc2ccc(OCCCc3ccccc3)cc2)c1. The van der Waals surface area contributed by atoms with Crippen molar-refractivity contribution in [1.29, 1.82) is 0 Å². The Kier molecular flexibility index (Phi) is 10.3. The van der Waals surface area contributed by atoms with Crippen LogP contribution in [0.3, 0.4) is 0 Å². The maximum atomic E-state index is 12.3. The third-order valence-electron chi connectivity index (χ3n) is 5.54. The zero-order chi connectivity index (χ0) is 24.9. The van der Waals surface area contributed by atoms with Crippen molar-refractivity contribution >= 4 is 15.9 Å². The number of hydrogen-bond acceptors (Lipinski definition) is 5. The van der Waals surface area contributed by atoms with E-state index in [0.29, 0.717) is 13.2 Å². The van der Waals surface area contributed by atoms with Gasteiger partial charge in [0.1, 0.15) is 5.75 Å². The molecule has 0 saturated heterocycles. The number of hydrogen-bond donors (Lipinski definition) is 2. The molecule has 0 unspecified atom stereocenters. The van der Waals surface area contributed by atoms with Crippen LogP contribution in [0.1, 0.15) is 36.0 Å². The van der Waals surface area contributed by atoms with Gasteiger partial charge in [0.15, 0.2) is 0 Å². The highest BCUT2D eigenvalue weighted by atomic mass is 32.2. The van der Waals surface area contributed by atoms with Crippen molar-refractivity contribution in [2.45, 2.75) is 43.9 Å². The molecule has 0 spiro atoms. The van der Waals surface area contributed by atoms with Gasteiger partial charge in [-0.25, -0.2) is 13.1 Å². The molecule has 0 radical (unpaired) electrons. The molecule has 35 heavy (non-hydrogen) atoms. The number of nitrogens with one attached hydrogen (secondary N) is 2. The Morgan fingerprint density at radius 2 is 1.54 bits per heavy atom. The van der Waals surface area contributed by atoms with Crippen molar-refractivity contribution in [1.82, 2.24) is 10.0 Å². The minimum absolute atomic E-state index is 0.0986. The molecule has 0 saturated carbocycles. The summed E-state index contributed by atoms with van der Waals surface area (Å²) in [6, 6.07) is 25.1. The molecule has 3 aromatic rings. The Morgan fingerprint density at radius 1 is 0.829 bits per heavy atom. The standard InChI is InChI=1S/C28H34N2O4S/c1-23-8-5-13-27(22-23)35(32,33)30-28(31)18-20-29-19-6-11-25-14-16-26(17-15-25)34-21-7-12-24-9-3-2-4-10-24/h2-5,8-10,13-17,22,29H,6-7,11-12,18-21H2,1H3,(H,30,31). The number of amides is 1. The molecule has 1 amide bonds. The number of ether oxygens (including phenoxy) is 1. The minimum atomic E-state index is -3.83. The van der Waals surface area contributed by atoms with Crippen LogP contribution in [0.15, 0.2) is 83.8 Å². The topological polar surface area (TPSA) is 84.5 Å². The molecule has 6 nitrogen and oxygen atoms in total. The predicted molar refractivity (Wildman–Crippen MR) is 139 cm³/mol. The molecule has 0 aliphatic carbocycles. The van der Waals surface area contributed by atoms with Crippen molar-refractivity contribution in [2.75, 3.05) is 19.7 Å². The summed E-state index contributed by atoms with van der Waals surface area (Å²) in [6.45, 7) is 3.67. The molecular weight excluding hydrogens is 460 g/mol. The van der Waals surface area contributed by atoms with E-state index in [2.05, 4.69) is 46.4 Å². The van der Waals surface area contributed by atoms with Crippen LogP contribution in [0.2, 0.25) is 0 Å². The van der Waals surface area contributed by atoms with E-state index < -0.39 is 15.9 Å². The molecule has 0 heterocycles. The summed E-state index contributed by atoms with van der Waals surface area (Å²) in [5, 5.41) is 3.20. The van der Waals surface area contributed by atoms with Gasteiger partial charge in [-0.2, -0.15) is 0 Å². The molecule has 7 heteroatoms. The first kappa shape index (κ1) is 26.4. The minimum Gasteiger partial charge on any atom is -0.494 e. The lowest BCUT2D eigenvalue weighted by Crippen LogP contribution is -2.33. The maximum Gasteiger partial charge on any atom is 0.264 e. The number of carbonyl (C=O) groups excluding carboxylic acids is 1. The first-order valence-corrected chi connectivity index (χ1v) is 13.5. The van der Waals surface area contributed by atoms with E-state index in [1.807, 2.05) is 18.2 Å². The largest absolute Gasteiger partial charge is 0.494 e. The molecule has 3 rings (SSSR count). The molecule has 0 fully saturated rings. The second kappa shape index (κ2) is 13.7. The number of sulfonamides is 1. The van der Waals surface area contributed by atoms with Crippen LogP contribution < -0.4 is 14.8 Å². The number of benzene rings is 3. The van der Waals surface area contributed by atoms with Crippen molar-refractivity contribution in [3.63, 3.8) is 0 Å². The van der Waals surface area contributed by atoms with Gasteiger partial charge in [0.25, 0.3) is 10.0 Å². The van der Waals surface area contributed by atoms with E-state index in [-0.39, 0.29) is 11.3 Å². The Bertz CT molecular complexity index is 1160. The van der Waals surface area contributed by atoms with E-state index in [1.54, 1.807) is 25.1 Å². The molecule has 0 bridgehead atoms. The maximum absolute atomic E-state index is 12.3. The van der Waals surface area contributed by atoms with Crippen LogP contribution in [-0.2, 0) is 27.7 Å². The number of carbonyl (C=O) groups is 1. The third kappa shape index (κ3) is 9.54. The Balaban J connectivity index is 1.26. The highest BCUT2D eigenvalue weighted by Crippen LogP contribution is 2.14. The molecule has 3 aromatic carbocycles. The van der Waals surface area contributed by atoms with E-state index in [9.17, 15) is 13.2 Å². The van der Waals surface area contributed by atoms with Crippen LogP contribution in [-0.4, -0.2) is 34.0 Å². The molecule has 0 atom stereocenters. The predicted octanol–water partition coefficient (Wildman–Crippen LogP) is 4.42. The van der Waals surface area contributed by atoms with Crippen molar-refractivity contribution in [2.24, 2.45) is 0 Å². The van der Waals surface area contributed by atoms with Crippen LogP contribution >= 0.6 is 0 Å². The van der Waals surface area contributed by atoms with E-state index >= 15 is 0 Å². The molecule has 186 valence electrons. The van der Waals surface area contributed by atoms with Gasteiger partial charge >= 0.3 is 0 Å². The summed E-state index contributed by atoms with van der Waals surface area (Å²) in [5.41, 5.74) is 3.38. The highest BCUT2D eigenvalue weighted by molar-refractivity contribution is 7.90. The average molecular weight is 495 g/mol. The fourth-order valence-electron chi connectivity index (χ4n) is 3.65. The summed E-state index contributed by atoms with van der Waals surface area (Å²) in [7, 11) is -3.83. The normalized spacial score (nSPS) is 11.2.